The third-order valence-electron chi connectivity index (χ3n) is 3.48. The number of nitrogens with one attached hydrogen (secondary N) is 1. The number of aliphatic hydroxyl groups excluding tert-OH is 1. The van der Waals surface area contributed by atoms with Crippen LogP contribution in [0.5, 0.6) is 0 Å². The Balaban J connectivity index is 2.66. The van der Waals surface area contributed by atoms with E-state index >= 15 is 0 Å². The van der Waals surface area contributed by atoms with E-state index in [4.69, 9.17) is 0 Å². The minimum absolute atomic E-state index is 0.104. The lowest BCUT2D eigenvalue weighted by Crippen LogP contribution is -2.35. The van der Waals surface area contributed by atoms with Crippen LogP contribution in [0, 0.1) is 19.8 Å². The number of aryl methyl sites for hydroxylation is 2. The average Bonchev–Trinajstić information content (AvgIpc) is 2.34. The molecule has 1 aromatic carbocycles. The van der Waals surface area contributed by atoms with E-state index in [1.165, 1.54) is 0 Å². The van der Waals surface area contributed by atoms with Gasteiger partial charge in [0, 0.05) is 12.1 Å². The van der Waals surface area contributed by atoms with Crippen LogP contribution in [0.15, 0.2) is 18.2 Å². The molecule has 0 aliphatic heterocycles. The lowest BCUT2D eigenvalue weighted by atomic mass is 10.0. The normalized spacial score (nSPS) is 14.1. The highest BCUT2D eigenvalue weighted by atomic mass is 16.3. The van der Waals surface area contributed by atoms with Crippen LogP contribution < -0.4 is 5.32 Å². The number of hydrogen-bond donors (Lipinski definition) is 2. The number of aliphatic hydroxyl groups is 1. The molecule has 3 nitrogen and oxygen atoms in total. The molecule has 18 heavy (non-hydrogen) atoms. The van der Waals surface area contributed by atoms with Crippen molar-refractivity contribution in [2.24, 2.45) is 5.92 Å². The van der Waals surface area contributed by atoms with E-state index in [2.05, 4.69) is 5.32 Å². The van der Waals surface area contributed by atoms with E-state index in [1.807, 2.05) is 45.9 Å². The molecular weight excluding hydrogens is 226 g/mol. The minimum Gasteiger partial charge on any atom is -0.391 e. The predicted molar refractivity (Wildman–Crippen MR) is 73.7 cm³/mol. The van der Waals surface area contributed by atoms with Crippen LogP contribution in [0.4, 0.5) is 0 Å². The fraction of sp³-hybridized carbons (Fsp3) is 0.533. The summed E-state index contributed by atoms with van der Waals surface area (Å²) in [5, 5.41) is 12.6. The third-order valence-corrected chi connectivity index (χ3v) is 3.48. The molecule has 2 N–H and O–H groups in total. The quantitative estimate of drug-likeness (QED) is 0.842. The van der Waals surface area contributed by atoms with Crippen molar-refractivity contribution in [1.29, 1.82) is 0 Å². The zero-order valence-electron chi connectivity index (χ0n) is 11.7. The van der Waals surface area contributed by atoms with Gasteiger partial charge in [-0.15, -0.1) is 0 Å². The van der Waals surface area contributed by atoms with Gasteiger partial charge in [-0.25, -0.2) is 0 Å². The number of benzene rings is 1. The Bertz CT molecular complexity index is 395. The topological polar surface area (TPSA) is 49.3 Å². The van der Waals surface area contributed by atoms with Crippen LogP contribution in [0.2, 0.25) is 0 Å². The molecule has 1 amide bonds. The highest BCUT2D eigenvalue weighted by molar-refractivity contribution is 5.97. The fourth-order valence-electron chi connectivity index (χ4n) is 1.93. The van der Waals surface area contributed by atoms with Crippen molar-refractivity contribution in [3.05, 3.63) is 34.9 Å². The SMILES string of the molecule is CCC(C)C(O)CNC(=O)c1c(C)cccc1C. The van der Waals surface area contributed by atoms with Gasteiger partial charge in [0.15, 0.2) is 0 Å². The Kier molecular flexibility index (Phi) is 5.35. The van der Waals surface area contributed by atoms with Gasteiger partial charge in [0.05, 0.1) is 6.10 Å². The van der Waals surface area contributed by atoms with E-state index in [-0.39, 0.29) is 11.8 Å². The van der Waals surface area contributed by atoms with Crippen molar-refractivity contribution < 1.29 is 9.90 Å². The molecule has 0 radical (unpaired) electrons. The highest BCUT2D eigenvalue weighted by Crippen LogP contribution is 2.13. The van der Waals surface area contributed by atoms with Gasteiger partial charge in [-0.1, -0.05) is 38.5 Å². The molecule has 1 rings (SSSR count). The molecule has 0 heterocycles. The summed E-state index contributed by atoms with van der Waals surface area (Å²) in [6.07, 6.45) is 0.420. The molecule has 0 aromatic heterocycles. The summed E-state index contributed by atoms with van der Waals surface area (Å²) < 4.78 is 0. The Hall–Kier alpha value is -1.35. The van der Waals surface area contributed by atoms with Gasteiger partial charge in [0.25, 0.3) is 5.91 Å². The Morgan fingerprint density at radius 2 is 1.89 bits per heavy atom. The van der Waals surface area contributed by atoms with Crippen molar-refractivity contribution in [2.75, 3.05) is 6.54 Å². The first-order valence-corrected chi connectivity index (χ1v) is 6.49. The van der Waals surface area contributed by atoms with E-state index in [0.29, 0.717) is 12.1 Å². The number of hydrogen-bond acceptors (Lipinski definition) is 2. The van der Waals surface area contributed by atoms with Gasteiger partial charge in [-0.3, -0.25) is 4.79 Å². The third kappa shape index (κ3) is 3.57. The summed E-state index contributed by atoms with van der Waals surface area (Å²) in [5.41, 5.74) is 2.64. The molecule has 2 atom stereocenters. The second-order valence-corrected chi connectivity index (χ2v) is 4.93. The van der Waals surface area contributed by atoms with Gasteiger partial charge < -0.3 is 10.4 Å². The number of carbonyl (C=O) groups excluding carboxylic acids is 1. The summed E-state index contributed by atoms with van der Waals surface area (Å²) in [6.45, 7) is 8.17. The second-order valence-electron chi connectivity index (χ2n) is 4.93. The maximum atomic E-state index is 12.1. The summed E-state index contributed by atoms with van der Waals surface area (Å²) in [4.78, 5) is 12.1. The van der Waals surface area contributed by atoms with Gasteiger partial charge >= 0.3 is 0 Å². The maximum Gasteiger partial charge on any atom is 0.251 e. The van der Waals surface area contributed by atoms with Crippen LogP contribution in [-0.2, 0) is 0 Å². The van der Waals surface area contributed by atoms with Crippen molar-refractivity contribution in [2.45, 2.75) is 40.2 Å². The summed E-state index contributed by atoms with van der Waals surface area (Å²) >= 11 is 0. The van der Waals surface area contributed by atoms with Gasteiger partial charge in [0.1, 0.15) is 0 Å². The average molecular weight is 249 g/mol. The number of amides is 1. The van der Waals surface area contributed by atoms with E-state index in [1.54, 1.807) is 0 Å². The molecular formula is C15H23NO2. The number of rotatable bonds is 5. The molecule has 0 aliphatic carbocycles. The molecule has 3 heteroatoms. The summed E-state index contributed by atoms with van der Waals surface area (Å²) in [7, 11) is 0. The zero-order valence-corrected chi connectivity index (χ0v) is 11.7. The molecule has 0 aliphatic rings. The van der Waals surface area contributed by atoms with Crippen molar-refractivity contribution in [1.82, 2.24) is 5.32 Å². The predicted octanol–water partition coefficient (Wildman–Crippen LogP) is 2.44. The lowest BCUT2D eigenvalue weighted by molar-refractivity contribution is 0.0849. The molecule has 0 fully saturated rings. The molecule has 1 aromatic rings. The highest BCUT2D eigenvalue weighted by Gasteiger charge is 2.16. The molecule has 100 valence electrons. The standard InChI is InChI=1S/C15H23NO2/c1-5-10(2)13(17)9-16-15(18)14-11(3)7-6-8-12(14)4/h6-8,10,13,17H,5,9H2,1-4H3,(H,16,18). The summed E-state index contributed by atoms with van der Waals surface area (Å²) in [5.74, 6) is 0.0937. The first kappa shape index (κ1) is 14.7. The van der Waals surface area contributed by atoms with Crippen molar-refractivity contribution in [3.63, 3.8) is 0 Å². The van der Waals surface area contributed by atoms with Crippen molar-refractivity contribution in [3.8, 4) is 0 Å². The van der Waals surface area contributed by atoms with Gasteiger partial charge in [0.2, 0.25) is 0 Å². The monoisotopic (exact) mass is 249 g/mol. The largest absolute Gasteiger partial charge is 0.391 e. The Morgan fingerprint density at radius 3 is 2.39 bits per heavy atom. The zero-order chi connectivity index (χ0) is 13.7. The lowest BCUT2D eigenvalue weighted by Gasteiger charge is -2.18. The smallest absolute Gasteiger partial charge is 0.251 e. The number of carbonyl (C=O) groups is 1. The van der Waals surface area contributed by atoms with Crippen LogP contribution in [0.3, 0.4) is 0 Å². The van der Waals surface area contributed by atoms with Crippen LogP contribution in [0.1, 0.15) is 41.8 Å². The second kappa shape index (κ2) is 6.55. The Morgan fingerprint density at radius 1 is 1.33 bits per heavy atom. The maximum absolute atomic E-state index is 12.1. The fourth-order valence-corrected chi connectivity index (χ4v) is 1.93. The van der Waals surface area contributed by atoms with Crippen LogP contribution >= 0.6 is 0 Å². The molecule has 2 unspecified atom stereocenters. The van der Waals surface area contributed by atoms with Gasteiger partial charge in [-0.2, -0.15) is 0 Å². The van der Waals surface area contributed by atoms with E-state index in [9.17, 15) is 9.90 Å². The van der Waals surface area contributed by atoms with Crippen molar-refractivity contribution >= 4 is 5.91 Å². The summed E-state index contributed by atoms with van der Waals surface area (Å²) in [6, 6.07) is 5.79. The van der Waals surface area contributed by atoms with Gasteiger partial charge in [-0.05, 0) is 30.9 Å². The van der Waals surface area contributed by atoms with E-state index in [0.717, 1.165) is 17.5 Å². The molecule has 0 saturated carbocycles. The Labute approximate surface area is 109 Å². The minimum atomic E-state index is -0.483. The molecule has 0 bridgehead atoms. The molecule has 0 saturated heterocycles. The van der Waals surface area contributed by atoms with Crippen LogP contribution in [-0.4, -0.2) is 23.7 Å². The van der Waals surface area contributed by atoms with E-state index < -0.39 is 6.10 Å². The van der Waals surface area contributed by atoms with Crippen LogP contribution in [0.25, 0.3) is 0 Å². The first-order valence-electron chi connectivity index (χ1n) is 6.49. The molecule has 0 spiro atoms. The first-order chi connectivity index (χ1) is 8.47.